The van der Waals surface area contributed by atoms with Crippen LogP contribution in [0.2, 0.25) is 5.02 Å². The first-order valence-electron chi connectivity index (χ1n) is 10.5. The Morgan fingerprint density at radius 2 is 1.94 bits per heavy atom. The molecular formula is C25H20ClF2NO6. The molecule has 35 heavy (non-hydrogen) atoms. The summed E-state index contributed by atoms with van der Waals surface area (Å²) in [7, 11) is 0. The molecular weight excluding hydrogens is 484 g/mol. The zero-order valence-electron chi connectivity index (χ0n) is 18.4. The second-order valence-corrected chi connectivity index (χ2v) is 8.27. The normalized spacial score (nSPS) is 14.3. The number of rotatable bonds is 7. The Kier molecular flexibility index (Phi) is 7.07. The largest absolute Gasteiger partial charge is 0.486 e. The summed E-state index contributed by atoms with van der Waals surface area (Å²) in [6.07, 6.45) is -0.849. The minimum atomic E-state index is -1.11. The summed E-state index contributed by atoms with van der Waals surface area (Å²) in [5.74, 6) is -2.75. The van der Waals surface area contributed by atoms with Crippen LogP contribution >= 0.6 is 11.6 Å². The lowest BCUT2D eigenvalue weighted by Gasteiger charge is -2.26. The predicted octanol–water partition coefficient (Wildman–Crippen LogP) is 5.02. The van der Waals surface area contributed by atoms with E-state index in [2.05, 4.69) is 5.32 Å². The highest BCUT2D eigenvalue weighted by atomic mass is 35.5. The van der Waals surface area contributed by atoms with Crippen molar-refractivity contribution in [3.63, 3.8) is 0 Å². The van der Waals surface area contributed by atoms with Crippen LogP contribution in [0.4, 0.5) is 14.5 Å². The third-order valence-electron chi connectivity index (χ3n) is 5.17. The van der Waals surface area contributed by atoms with Crippen LogP contribution in [0, 0.1) is 18.6 Å². The lowest BCUT2D eigenvalue weighted by atomic mass is 10.1. The molecule has 1 amide bonds. The molecule has 10 heteroatoms. The molecule has 2 N–H and O–H groups in total. The molecule has 0 aliphatic carbocycles. The van der Waals surface area contributed by atoms with Gasteiger partial charge in [0, 0.05) is 0 Å². The Morgan fingerprint density at radius 1 is 1.14 bits per heavy atom. The van der Waals surface area contributed by atoms with E-state index in [0.29, 0.717) is 11.5 Å². The lowest BCUT2D eigenvalue weighted by Crippen LogP contribution is -2.34. The molecule has 7 nitrogen and oxygen atoms in total. The van der Waals surface area contributed by atoms with E-state index in [1.54, 1.807) is 6.07 Å². The van der Waals surface area contributed by atoms with Gasteiger partial charge in [-0.05, 0) is 54.4 Å². The molecule has 4 rings (SSSR count). The first-order chi connectivity index (χ1) is 16.7. The fourth-order valence-electron chi connectivity index (χ4n) is 3.45. The number of ether oxygens (including phenoxy) is 3. The number of aliphatic carboxylic acids is 1. The van der Waals surface area contributed by atoms with Crippen LogP contribution in [0.5, 0.6) is 17.2 Å². The Morgan fingerprint density at radius 3 is 2.71 bits per heavy atom. The topological polar surface area (TPSA) is 94.1 Å². The first kappa shape index (κ1) is 24.3. The first-order valence-corrected chi connectivity index (χ1v) is 10.9. The lowest BCUT2D eigenvalue weighted by molar-refractivity contribution is -0.136. The second kappa shape index (κ2) is 10.2. The highest BCUT2D eigenvalue weighted by molar-refractivity contribution is 6.34. The zero-order valence-corrected chi connectivity index (χ0v) is 19.2. The number of carboxylic acid groups (broad SMARTS) is 1. The van der Waals surface area contributed by atoms with Crippen LogP contribution in [-0.2, 0) is 11.2 Å². The number of fused-ring (bicyclic) bond motifs is 1. The van der Waals surface area contributed by atoms with Crippen LogP contribution in [-0.4, -0.2) is 36.3 Å². The number of amides is 1. The highest BCUT2D eigenvalue weighted by Gasteiger charge is 2.24. The van der Waals surface area contributed by atoms with E-state index >= 15 is 0 Å². The van der Waals surface area contributed by atoms with Crippen molar-refractivity contribution in [3.8, 4) is 17.2 Å². The second-order valence-electron chi connectivity index (χ2n) is 7.89. The molecule has 1 heterocycles. The Balaban J connectivity index is 1.43. The van der Waals surface area contributed by atoms with E-state index in [1.165, 1.54) is 24.3 Å². The van der Waals surface area contributed by atoms with Crippen molar-refractivity contribution in [3.05, 3.63) is 81.9 Å². The molecule has 0 spiro atoms. The van der Waals surface area contributed by atoms with Crippen LogP contribution in [0.3, 0.4) is 0 Å². The maximum absolute atomic E-state index is 14.8. The van der Waals surface area contributed by atoms with Gasteiger partial charge in [0.2, 0.25) is 0 Å². The average Bonchev–Trinajstić information content (AvgIpc) is 2.81. The molecule has 1 atom stereocenters. The quantitative estimate of drug-likeness (QED) is 0.470. The summed E-state index contributed by atoms with van der Waals surface area (Å²) < 4.78 is 45.9. The molecule has 182 valence electrons. The molecule has 3 aromatic rings. The molecule has 0 unspecified atom stereocenters. The number of carbonyl (C=O) groups excluding carboxylic acids is 1. The van der Waals surface area contributed by atoms with Crippen LogP contribution in [0.15, 0.2) is 48.5 Å². The number of benzene rings is 3. The van der Waals surface area contributed by atoms with Crippen LogP contribution in [0.1, 0.15) is 21.5 Å². The van der Waals surface area contributed by atoms with Gasteiger partial charge in [-0.2, -0.15) is 0 Å². The van der Waals surface area contributed by atoms with Gasteiger partial charge in [0.1, 0.15) is 19.0 Å². The van der Waals surface area contributed by atoms with Gasteiger partial charge in [-0.1, -0.05) is 23.7 Å². The van der Waals surface area contributed by atoms with Gasteiger partial charge in [-0.3, -0.25) is 9.59 Å². The third-order valence-corrected chi connectivity index (χ3v) is 5.54. The zero-order chi connectivity index (χ0) is 25.1. The van der Waals surface area contributed by atoms with Gasteiger partial charge in [-0.25, -0.2) is 8.78 Å². The van der Waals surface area contributed by atoms with Crippen molar-refractivity contribution in [2.45, 2.75) is 19.4 Å². The molecule has 0 radical (unpaired) electrons. The third kappa shape index (κ3) is 5.63. The van der Waals surface area contributed by atoms with Crippen molar-refractivity contribution in [2.75, 3.05) is 18.5 Å². The number of hydrogen-bond acceptors (Lipinski definition) is 5. The predicted molar refractivity (Wildman–Crippen MR) is 124 cm³/mol. The molecule has 0 fully saturated rings. The molecule has 1 aliphatic rings. The van der Waals surface area contributed by atoms with E-state index < -0.39 is 34.6 Å². The van der Waals surface area contributed by atoms with Gasteiger partial charge in [0.05, 0.1) is 22.7 Å². The van der Waals surface area contributed by atoms with Crippen LogP contribution < -0.4 is 19.5 Å². The molecule has 3 aromatic carbocycles. The summed E-state index contributed by atoms with van der Waals surface area (Å²) in [6, 6.07) is 11.5. The molecule has 0 saturated carbocycles. The Hall–Kier alpha value is -3.85. The Bertz CT molecular complexity index is 1300. The summed E-state index contributed by atoms with van der Waals surface area (Å²) in [5, 5.41) is 10.7. The number of anilines is 1. The fraction of sp³-hybridized carbons (Fsp3) is 0.200. The summed E-state index contributed by atoms with van der Waals surface area (Å²) in [4.78, 5) is 23.5. The van der Waals surface area contributed by atoms with Crippen molar-refractivity contribution in [1.82, 2.24) is 0 Å². The molecule has 0 bridgehead atoms. The molecule has 0 aromatic heterocycles. The number of hydrogen-bond donors (Lipinski definition) is 2. The summed E-state index contributed by atoms with van der Waals surface area (Å²) in [6.45, 7) is 2.11. The number of nitrogens with one attached hydrogen (secondary N) is 1. The van der Waals surface area contributed by atoms with Crippen molar-refractivity contribution < 1.29 is 37.7 Å². The maximum atomic E-state index is 14.8. The number of carbonyl (C=O) groups is 2. The Labute approximate surface area is 204 Å². The molecule has 0 saturated heterocycles. The number of aryl methyl sites for hydroxylation is 1. The standard InChI is InChI=1S/C25H20ClF2NO6/c1-13-2-6-19-21(8-13)34-12-15(35-19)11-33-20-7-4-16(23(26)24(20)28)25(32)29-18-9-14(10-22(30)31)3-5-17(18)27/h2-9,15H,10-12H2,1H3,(H,29,32)(H,30,31)/t15-/m1/s1. The van der Waals surface area contributed by atoms with E-state index in [4.69, 9.17) is 30.9 Å². The number of halogens is 3. The van der Waals surface area contributed by atoms with Crippen molar-refractivity contribution >= 4 is 29.2 Å². The van der Waals surface area contributed by atoms with Crippen molar-refractivity contribution in [2.24, 2.45) is 0 Å². The van der Waals surface area contributed by atoms with Gasteiger partial charge in [0.15, 0.2) is 29.2 Å². The van der Waals surface area contributed by atoms with E-state index in [1.807, 2.05) is 19.1 Å². The minimum Gasteiger partial charge on any atom is -0.486 e. The maximum Gasteiger partial charge on any atom is 0.307 e. The van der Waals surface area contributed by atoms with Gasteiger partial charge < -0.3 is 24.6 Å². The minimum absolute atomic E-state index is 0.0340. The van der Waals surface area contributed by atoms with Gasteiger partial charge in [0.25, 0.3) is 5.91 Å². The highest BCUT2D eigenvalue weighted by Crippen LogP contribution is 2.33. The van der Waals surface area contributed by atoms with Crippen molar-refractivity contribution in [1.29, 1.82) is 0 Å². The summed E-state index contributed by atoms with van der Waals surface area (Å²) in [5.41, 5.74) is 0.803. The number of carboxylic acids is 1. The SMILES string of the molecule is Cc1ccc2c(c1)OC[C@@H](COc1ccc(C(=O)Nc3cc(CC(=O)O)ccc3F)c(Cl)c1F)O2. The average molecular weight is 504 g/mol. The van der Waals surface area contributed by atoms with E-state index in [-0.39, 0.29) is 42.2 Å². The van der Waals surface area contributed by atoms with Gasteiger partial charge >= 0.3 is 5.97 Å². The monoisotopic (exact) mass is 503 g/mol. The summed E-state index contributed by atoms with van der Waals surface area (Å²) >= 11 is 6.06. The molecule has 1 aliphatic heterocycles. The van der Waals surface area contributed by atoms with Gasteiger partial charge in [-0.15, -0.1) is 0 Å². The van der Waals surface area contributed by atoms with Crippen LogP contribution in [0.25, 0.3) is 0 Å². The smallest absolute Gasteiger partial charge is 0.307 e. The van der Waals surface area contributed by atoms with E-state index in [0.717, 1.165) is 11.6 Å². The van der Waals surface area contributed by atoms with E-state index in [9.17, 15) is 18.4 Å². The fourth-order valence-corrected chi connectivity index (χ4v) is 3.69.